The zero-order valence-corrected chi connectivity index (χ0v) is 34.4. The second-order valence-corrected chi connectivity index (χ2v) is 15.8. The van der Waals surface area contributed by atoms with Crippen LogP contribution in [0.25, 0.3) is 22.5 Å². The predicted octanol–water partition coefficient (Wildman–Crippen LogP) is 4.32. The molecule has 0 N–H and O–H groups in total. The normalized spacial score (nSPS) is 13.1. The molecule has 4 aliphatic rings. The Balaban J connectivity index is 1.65. The van der Waals surface area contributed by atoms with Gasteiger partial charge in [-0.3, -0.25) is 19.2 Å². The molecule has 2 aliphatic heterocycles. The summed E-state index contributed by atoms with van der Waals surface area (Å²) >= 11 is 0. The molecule has 0 unspecified atom stereocenters. The molecule has 0 radical (unpaired) electrons. The largest absolute Gasteiger partial charge is 0.378 e. The Morgan fingerprint density at radius 1 is 0.431 bits per heavy atom. The Morgan fingerprint density at radius 2 is 0.741 bits per heavy atom. The first-order chi connectivity index (χ1) is 27.5. The zero-order chi connectivity index (χ0) is 41.5. The fraction of sp³-hybridized carbons (Fsp3) is 0.208. The highest BCUT2D eigenvalue weighted by molar-refractivity contribution is 6.06. The van der Waals surface area contributed by atoms with E-state index < -0.39 is 22.2 Å². The zero-order valence-electron chi connectivity index (χ0n) is 34.4. The maximum Gasteiger partial charge on any atom is 0.268 e. The maximum atomic E-state index is 15.2. The molecule has 2 heterocycles. The van der Waals surface area contributed by atoms with Gasteiger partial charge in [0.2, 0.25) is 0 Å². The van der Waals surface area contributed by atoms with Crippen molar-refractivity contribution in [3.8, 4) is 11.4 Å². The Kier molecular flexibility index (Phi) is 9.11. The van der Waals surface area contributed by atoms with E-state index in [1.165, 1.54) is 9.13 Å². The van der Waals surface area contributed by atoms with E-state index in [4.69, 9.17) is 9.98 Å². The van der Waals surface area contributed by atoms with E-state index in [0.717, 1.165) is 44.8 Å². The van der Waals surface area contributed by atoms with Crippen molar-refractivity contribution in [1.82, 2.24) is 9.13 Å². The summed E-state index contributed by atoms with van der Waals surface area (Å²) in [4.78, 5) is 74.3. The first kappa shape index (κ1) is 38.0. The Morgan fingerprint density at radius 3 is 1.03 bits per heavy atom. The lowest BCUT2D eigenvalue weighted by atomic mass is 9.84. The van der Waals surface area contributed by atoms with Gasteiger partial charge in [-0.1, -0.05) is 35.4 Å². The van der Waals surface area contributed by atoms with Crippen molar-refractivity contribution in [2.45, 2.75) is 41.5 Å². The van der Waals surface area contributed by atoms with Gasteiger partial charge in [-0.2, -0.15) is 0 Å². The number of aromatic nitrogens is 2. The van der Waals surface area contributed by atoms with E-state index >= 15 is 19.2 Å². The van der Waals surface area contributed by atoms with Gasteiger partial charge in [0.1, 0.15) is 0 Å². The number of aryl methyl sites for hydroxylation is 6. The molecule has 0 saturated carbocycles. The van der Waals surface area contributed by atoms with E-state index in [1.54, 1.807) is 12.1 Å². The number of hydrogen-bond acceptors (Lipinski definition) is 8. The molecular formula is C48H44N6O4. The fourth-order valence-electron chi connectivity index (χ4n) is 8.59. The summed E-state index contributed by atoms with van der Waals surface area (Å²) in [5, 5.41) is 0.677. The second-order valence-electron chi connectivity index (χ2n) is 15.8. The molecule has 0 spiro atoms. The minimum absolute atomic E-state index is 0.129. The average Bonchev–Trinajstić information content (AvgIpc) is 3.15. The number of nitrogens with zero attached hydrogens (tertiary/aromatic N) is 6. The molecular weight excluding hydrogens is 725 g/mol. The van der Waals surface area contributed by atoms with E-state index in [0.29, 0.717) is 22.7 Å². The summed E-state index contributed by atoms with van der Waals surface area (Å²) in [5.41, 5.74) is 7.33. The van der Waals surface area contributed by atoms with Crippen LogP contribution in [0.3, 0.4) is 0 Å². The van der Waals surface area contributed by atoms with E-state index in [2.05, 4.69) is 0 Å². The highest BCUT2D eigenvalue weighted by atomic mass is 16.2. The summed E-state index contributed by atoms with van der Waals surface area (Å²) in [6.07, 6.45) is 0. The van der Waals surface area contributed by atoms with Crippen molar-refractivity contribution in [2.24, 2.45) is 9.98 Å². The second kappa shape index (κ2) is 13.9. The third-order valence-electron chi connectivity index (χ3n) is 11.0. The Hall–Kier alpha value is -6.94. The van der Waals surface area contributed by atoms with Crippen molar-refractivity contribution in [1.29, 1.82) is 0 Å². The first-order valence-corrected chi connectivity index (χ1v) is 19.1. The summed E-state index contributed by atoms with van der Waals surface area (Å²) in [5.74, 6) is 0. The monoisotopic (exact) mass is 768 g/mol. The molecule has 58 heavy (non-hydrogen) atoms. The molecule has 0 atom stereocenters. The van der Waals surface area contributed by atoms with Crippen LogP contribution in [0.1, 0.15) is 44.5 Å². The van der Waals surface area contributed by atoms with Crippen LogP contribution in [0.4, 0.5) is 22.7 Å². The number of benzene rings is 4. The van der Waals surface area contributed by atoms with Gasteiger partial charge in [0.05, 0.1) is 55.0 Å². The standard InChI is InChI=1S/C48H44N6O4/c1-25-19-27(3)43(28(4)20-25)53-45(55)35-23-38(50-32-13-17-34(18-14-32)52(9)10)42-40-36(46(56)54(48(42)58)44-29(5)21-26(2)22-30(44)6)24-37(41(39(35)40)47(53)57)49-31-11-15-33(16-12-31)51(7)8/h11-24H,1-10H3. The fourth-order valence-corrected chi connectivity index (χ4v) is 8.59. The molecule has 0 amide bonds. The molecule has 4 aromatic carbocycles. The average molecular weight is 769 g/mol. The molecule has 10 nitrogen and oxygen atoms in total. The van der Waals surface area contributed by atoms with Crippen molar-refractivity contribution in [2.75, 3.05) is 38.0 Å². The molecule has 290 valence electrons. The third kappa shape index (κ3) is 6.03. The third-order valence-corrected chi connectivity index (χ3v) is 11.0. The van der Waals surface area contributed by atoms with Crippen LogP contribution in [-0.2, 0) is 0 Å². The summed E-state index contributed by atoms with van der Waals surface area (Å²) < 4.78 is 2.43. The SMILES string of the molecule is Cc1cc(C)c(-n2c(=O)c3cc(=Nc4ccc(N(C)C)cc4)c4c(=O)n(-c5c(C)cc(C)cc5C)c(=O)c5cc(=Nc6ccc(N(C)C)cc6)c(c2=O)=C3C=45)c(C)c1. The van der Waals surface area contributed by atoms with Crippen LogP contribution < -0.4 is 53.2 Å². The van der Waals surface area contributed by atoms with E-state index in [1.807, 2.05) is 152 Å². The van der Waals surface area contributed by atoms with Gasteiger partial charge in [0, 0.05) is 50.7 Å². The van der Waals surface area contributed by atoms with Gasteiger partial charge >= 0.3 is 0 Å². The van der Waals surface area contributed by atoms with Crippen LogP contribution in [0.2, 0.25) is 0 Å². The van der Waals surface area contributed by atoms with Crippen LogP contribution in [0.15, 0.2) is 114 Å². The van der Waals surface area contributed by atoms with Crippen molar-refractivity contribution >= 4 is 33.9 Å². The highest BCUT2D eigenvalue weighted by Gasteiger charge is 2.33. The number of anilines is 2. The van der Waals surface area contributed by atoms with Crippen LogP contribution in [0.5, 0.6) is 0 Å². The number of hydrogen-bond donors (Lipinski definition) is 0. The molecule has 4 aromatic rings. The lowest BCUT2D eigenvalue weighted by molar-refractivity contribution is 0.879. The minimum Gasteiger partial charge on any atom is -0.378 e. The smallest absolute Gasteiger partial charge is 0.268 e. The van der Waals surface area contributed by atoms with Gasteiger partial charge < -0.3 is 9.80 Å². The van der Waals surface area contributed by atoms with Crippen molar-refractivity contribution < 1.29 is 0 Å². The van der Waals surface area contributed by atoms with Gasteiger partial charge in [0.25, 0.3) is 22.2 Å². The van der Waals surface area contributed by atoms with Crippen LogP contribution in [0, 0.1) is 41.5 Å². The quantitative estimate of drug-likeness (QED) is 0.255. The van der Waals surface area contributed by atoms with E-state index in [9.17, 15) is 0 Å². The molecule has 10 heteroatoms. The van der Waals surface area contributed by atoms with Crippen LogP contribution in [-0.4, -0.2) is 37.3 Å². The number of rotatable bonds is 6. The van der Waals surface area contributed by atoms with E-state index in [-0.39, 0.29) is 43.4 Å². The van der Waals surface area contributed by atoms with Crippen molar-refractivity contribution in [3.05, 3.63) is 192 Å². The Bertz CT molecular complexity index is 3040. The van der Waals surface area contributed by atoms with Crippen molar-refractivity contribution in [3.63, 3.8) is 0 Å². The molecule has 8 rings (SSSR count). The molecule has 0 bridgehead atoms. The topological polar surface area (TPSA) is 109 Å². The Labute approximate surface area is 335 Å². The highest BCUT2D eigenvalue weighted by Crippen LogP contribution is 2.28. The lowest BCUT2D eigenvalue weighted by Gasteiger charge is -2.24. The summed E-state index contributed by atoms with van der Waals surface area (Å²) in [7, 11) is 7.77. The van der Waals surface area contributed by atoms with Crippen LogP contribution >= 0.6 is 0 Å². The van der Waals surface area contributed by atoms with Gasteiger partial charge in [-0.05, 0) is 124 Å². The molecule has 2 aliphatic carbocycles. The molecule has 0 fully saturated rings. The summed E-state index contributed by atoms with van der Waals surface area (Å²) in [6, 6.07) is 26.0. The minimum atomic E-state index is -0.592. The van der Waals surface area contributed by atoms with Gasteiger partial charge in [-0.15, -0.1) is 0 Å². The van der Waals surface area contributed by atoms with Gasteiger partial charge in [-0.25, -0.2) is 19.1 Å². The molecule has 0 saturated heterocycles. The maximum absolute atomic E-state index is 15.2. The predicted molar refractivity (Wildman–Crippen MR) is 232 cm³/mol. The van der Waals surface area contributed by atoms with Gasteiger partial charge in [0.15, 0.2) is 0 Å². The lowest BCUT2D eigenvalue weighted by Crippen LogP contribution is -2.59. The summed E-state index contributed by atoms with van der Waals surface area (Å²) in [6.45, 7) is 11.4. The molecule has 0 aromatic heterocycles. The first-order valence-electron chi connectivity index (χ1n) is 19.1.